The normalized spacial score (nSPS) is 18.5. The van der Waals surface area contributed by atoms with Gasteiger partial charge in [0.25, 0.3) is 0 Å². The van der Waals surface area contributed by atoms with Crippen molar-refractivity contribution >= 4 is 5.91 Å². The molecule has 0 radical (unpaired) electrons. The van der Waals surface area contributed by atoms with Gasteiger partial charge >= 0.3 is 0 Å². The van der Waals surface area contributed by atoms with Gasteiger partial charge in [-0.25, -0.2) is 0 Å². The summed E-state index contributed by atoms with van der Waals surface area (Å²) in [5, 5.41) is 3.38. The van der Waals surface area contributed by atoms with E-state index in [9.17, 15) is 4.79 Å². The monoisotopic (exact) mass is 246 g/mol. The van der Waals surface area contributed by atoms with Gasteiger partial charge in [-0.2, -0.15) is 0 Å². The lowest BCUT2D eigenvalue weighted by atomic mass is 9.86. The highest BCUT2D eigenvalue weighted by molar-refractivity contribution is 5.81. The Labute approximate surface area is 109 Å². The third-order valence-electron chi connectivity index (χ3n) is 3.88. The summed E-state index contributed by atoms with van der Waals surface area (Å²) in [6.07, 6.45) is 3.12. The number of benzene rings is 1. The van der Waals surface area contributed by atoms with E-state index in [1.54, 1.807) is 0 Å². The van der Waals surface area contributed by atoms with Crippen molar-refractivity contribution in [3.63, 3.8) is 0 Å². The number of nitrogens with one attached hydrogen (secondary N) is 1. The Hall–Kier alpha value is -1.35. The van der Waals surface area contributed by atoms with Crippen molar-refractivity contribution in [2.24, 2.45) is 5.73 Å². The lowest BCUT2D eigenvalue weighted by molar-refractivity contribution is -0.119. The molecule has 0 aromatic heterocycles. The van der Waals surface area contributed by atoms with Crippen LogP contribution in [0.2, 0.25) is 0 Å². The number of amides is 1. The minimum atomic E-state index is -0.222. The summed E-state index contributed by atoms with van der Waals surface area (Å²) in [6.45, 7) is 4.18. The third-order valence-corrected chi connectivity index (χ3v) is 3.88. The number of hydrogen-bond donors (Lipinski definition) is 2. The highest BCUT2D eigenvalue weighted by Crippen LogP contribution is 2.28. The highest BCUT2D eigenvalue weighted by atomic mass is 16.1. The molecular formula is C15H22N2O. The van der Waals surface area contributed by atoms with Crippen molar-refractivity contribution < 1.29 is 4.79 Å². The highest BCUT2D eigenvalue weighted by Gasteiger charge is 2.19. The lowest BCUT2D eigenvalue weighted by Gasteiger charge is -2.24. The number of carbonyl (C=O) groups excluding carboxylic acids is 1. The van der Waals surface area contributed by atoms with Gasteiger partial charge in [0.1, 0.15) is 0 Å². The van der Waals surface area contributed by atoms with E-state index in [2.05, 4.69) is 23.5 Å². The fourth-order valence-corrected chi connectivity index (χ4v) is 2.79. The Morgan fingerprint density at radius 2 is 2.17 bits per heavy atom. The molecule has 98 valence electrons. The molecule has 1 amide bonds. The molecule has 1 saturated heterocycles. The first-order valence-electron chi connectivity index (χ1n) is 6.82. The Morgan fingerprint density at radius 3 is 2.78 bits per heavy atom. The maximum Gasteiger partial charge on any atom is 0.224 e. The van der Waals surface area contributed by atoms with Crippen LogP contribution in [0.25, 0.3) is 0 Å². The molecule has 3 heteroatoms. The number of nitrogens with two attached hydrogens (primary N) is 1. The maximum atomic E-state index is 11.4. The van der Waals surface area contributed by atoms with Crippen molar-refractivity contribution in [1.29, 1.82) is 0 Å². The summed E-state index contributed by atoms with van der Waals surface area (Å²) < 4.78 is 0. The summed E-state index contributed by atoms with van der Waals surface area (Å²) in [5.74, 6) is 0.253. The fourth-order valence-electron chi connectivity index (χ4n) is 2.79. The molecule has 1 aliphatic heterocycles. The molecule has 0 aliphatic carbocycles. The minimum absolute atomic E-state index is 0.147. The topological polar surface area (TPSA) is 55.1 Å². The molecule has 0 bridgehead atoms. The van der Waals surface area contributed by atoms with E-state index < -0.39 is 0 Å². The van der Waals surface area contributed by atoms with Gasteiger partial charge in [-0.1, -0.05) is 31.2 Å². The number of hydrogen-bond acceptors (Lipinski definition) is 2. The molecule has 1 unspecified atom stereocenters. The predicted octanol–water partition coefficient (Wildman–Crippen LogP) is 2.13. The Morgan fingerprint density at radius 1 is 1.44 bits per heavy atom. The minimum Gasteiger partial charge on any atom is -0.369 e. The summed E-state index contributed by atoms with van der Waals surface area (Å²) in [6, 6.07) is 8.42. The van der Waals surface area contributed by atoms with E-state index in [1.807, 2.05) is 13.0 Å². The average Bonchev–Trinajstić information content (AvgIpc) is 2.40. The van der Waals surface area contributed by atoms with Crippen LogP contribution in [0.3, 0.4) is 0 Å². The number of rotatable bonds is 4. The van der Waals surface area contributed by atoms with E-state index in [1.165, 1.54) is 18.4 Å². The summed E-state index contributed by atoms with van der Waals surface area (Å²) in [4.78, 5) is 11.4. The molecular weight excluding hydrogens is 224 g/mol. The van der Waals surface area contributed by atoms with Crippen LogP contribution >= 0.6 is 0 Å². The molecule has 2 rings (SSSR count). The molecule has 1 fully saturated rings. The van der Waals surface area contributed by atoms with Gasteiger partial charge < -0.3 is 11.1 Å². The molecule has 0 spiro atoms. The van der Waals surface area contributed by atoms with Gasteiger partial charge in [0.2, 0.25) is 5.91 Å². The standard InChI is InChI=1S/C15H22N2O/c1-2-14(15(16)18)13-5-3-4-12(10-13)11-6-8-17-9-7-11/h3-5,10-11,14,17H,2,6-9H2,1H3,(H2,16,18). The van der Waals surface area contributed by atoms with Crippen LogP contribution < -0.4 is 11.1 Å². The number of piperidine rings is 1. The Balaban J connectivity index is 2.20. The first kappa shape index (κ1) is 13.1. The second-order valence-corrected chi connectivity index (χ2v) is 5.06. The molecule has 1 aromatic rings. The van der Waals surface area contributed by atoms with Crippen molar-refractivity contribution in [2.45, 2.75) is 38.0 Å². The number of primary amides is 1. The zero-order valence-corrected chi connectivity index (χ0v) is 11.0. The first-order chi connectivity index (χ1) is 8.72. The van der Waals surface area contributed by atoms with E-state index in [0.717, 1.165) is 25.1 Å². The molecule has 1 heterocycles. The van der Waals surface area contributed by atoms with E-state index in [4.69, 9.17) is 5.73 Å². The molecule has 1 atom stereocenters. The smallest absolute Gasteiger partial charge is 0.224 e. The molecule has 3 N–H and O–H groups in total. The second-order valence-electron chi connectivity index (χ2n) is 5.06. The molecule has 1 aliphatic rings. The SMILES string of the molecule is CCC(C(N)=O)c1cccc(C2CCNCC2)c1. The average molecular weight is 246 g/mol. The van der Waals surface area contributed by atoms with Crippen molar-refractivity contribution in [3.05, 3.63) is 35.4 Å². The first-order valence-corrected chi connectivity index (χ1v) is 6.82. The molecule has 3 nitrogen and oxygen atoms in total. The van der Waals surface area contributed by atoms with Crippen molar-refractivity contribution in [1.82, 2.24) is 5.32 Å². The third kappa shape index (κ3) is 2.91. The van der Waals surface area contributed by atoms with Crippen LogP contribution in [-0.4, -0.2) is 19.0 Å². The zero-order chi connectivity index (χ0) is 13.0. The van der Waals surface area contributed by atoms with Gasteiger partial charge in [-0.05, 0) is 49.4 Å². The quantitative estimate of drug-likeness (QED) is 0.855. The zero-order valence-electron chi connectivity index (χ0n) is 11.0. The Kier molecular flexibility index (Phi) is 4.37. The largest absolute Gasteiger partial charge is 0.369 e. The van der Waals surface area contributed by atoms with E-state index in [-0.39, 0.29) is 11.8 Å². The maximum absolute atomic E-state index is 11.4. The van der Waals surface area contributed by atoms with Gasteiger partial charge in [-0.15, -0.1) is 0 Å². The van der Waals surface area contributed by atoms with E-state index >= 15 is 0 Å². The Bertz CT molecular complexity index is 411. The van der Waals surface area contributed by atoms with Crippen LogP contribution in [0.1, 0.15) is 49.1 Å². The molecule has 1 aromatic carbocycles. The van der Waals surface area contributed by atoms with Crippen LogP contribution in [0, 0.1) is 0 Å². The lowest BCUT2D eigenvalue weighted by Crippen LogP contribution is -2.27. The molecule has 18 heavy (non-hydrogen) atoms. The summed E-state index contributed by atoms with van der Waals surface area (Å²) in [7, 11) is 0. The summed E-state index contributed by atoms with van der Waals surface area (Å²) >= 11 is 0. The van der Waals surface area contributed by atoms with E-state index in [0.29, 0.717) is 5.92 Å². The van der Waals surface area contributed by atoms with Crippen LogP contribution in [0.15, 0.2) is 24.3 Å². The van der Waals surface area contributed by atoms with Gasteiger partial charge in [0.05, 0.1) is 5.92 Å². The van der Waals surface area contributed by atoms with Crippen LogP contribution in [-0.2, 0) is 4.79 Å². The van der Waals surface area contributed by atoms with Crippen molar-refractivity contribution in [3.8, 4) is 0 Å². The second kappa shape index (κ2) is 6.01. The molecule has 0 saturated carbocycles. The van der Waals surface area contributed by atoms with Gasteiger partial charge in [0, 0.05) is 0 Å². The van der Waals surface area contributed by atoms with Crippen LogP contribution in [0.4, 0.5) is 0 Å². The van der Waals surface area contributed by atoms with Crippen LogP contribution in [0.5, 0.6) is 0 Å². The summed E-state index contributed by atoms with van der Waals surface area (Å²) in [5.41, 5.74) is 7.88. The fraction of sp³-hybridized carbons (Fsp3) is 0.533. The van der Waals surface area contributed by atoms with Gasteiger partial charge in [0.15, 0.2) is 0 Å². The van der Waals surface area contributed by atoms with Crippen molar-refractivity contribution in [2.75, 3.05) is 13.1 Å². The number of carbonyl (C=O) groups is 1. The predicted molar refractivity (Wildman–Crippen MR) is 73.5 cm³/mol. The van der Waals surface area contributed by atoms with Gasteiger partial charge in [-0.3, -0.25) is 4.79 Å².